The molecule has 1 aromatic carbocycles. The zero-order chi connectivity index (χ0) is 21.6. The molecular formula is C23H36N4OS. The van der Waals surface area contributed by atoms with Gasteiger partial charge in [-0.15, -0.1) is 0 Å². The molecule has 0 unspecified atom stereocenters. The SMILES string of the molecule is CCN(CC)CCN(Cc1cc2ccc(C)c(C)c2[nH]c1=O)C(=S)NCC(C)C. The van der Waals surface area contributed by atoms with Gasteiger partial charge >= 0.3 is 0 Å². The summed E-state index contributed by atoms with van der Waals surface area (Å²) in [5.41, 5.74) is 3.94. The first-order valence-electron chi connectivity index (χ1n) is 10.6. The molecule has 0 amide bonds. The van der Waals surface area contributed by atoms with Gasteiger partial charge in [0.1, 0.15) is 0 Å². The van der Waals surface area contributed by atoms with Crippen molar-refractivity contribution in [1.82, 2.24) is 20.1 Å². The van der Waals surface area contributed by atoms with E-state index in [1.165, 1.54) is 5.56 Å². The van der Waals surface area contributed by atoms with Gasteiger partial charge in [0.05, 0.1) is 12.1 Å². The van der Waals surface area contributed by atoms with Crippen molar-refractivity contribution < 1.29 is 0 Å². The van der Waals surface area contributed by atoms with Crippen molar-refractivity contribution in [3.05, 3.63) is 45.2 Å². The number of nitrogens with zero attached hydrogens (tertiary/aromatic N) is 2. The molecule has 0 saturated carbocycles. The summed E-state index contributed by atoms with van der Waals surface area (Å²) in [6, 6.07) is 6.19. The minimum atomic E-state index is -0.0364. The second-order valence-corrected chi connectivity index (χ2v) is 8.51. The third-order valence-corrected chi connectivity index (χ3v) is 5.92. The van der Waals surface area contributed by atoms with Gasteiger partial charge in [-0.25, -0.2) is 0 Å². The fourth-order valence-electron chi connectivity index (χ4n) is 3.35. The molecule has 0 bridgehead atoms. The first-order chi connectivity index (χ1) is 13.8. The topological polar surface area (TPSA) is 51.4 Å². The predicted octanol–water partition coefficient (Wildman–Crippen LogP) is 3.82. The van der Waals surface area contributed by atoms with Crippen molar-refractivity contribution in [3.8, 4) is 0 Å². The Hall–Kier alpha value is -1.92. The number of benzene rings is 1. The summed E-state index contributed by atoms with van der Waals surface area (Å²) in [5.74, 6) is 0.507. The number of thiocarbonyl (C=S) groups is 1. The molecule has 0 fully saturated rings. The van der Waals surface area contributed by atoms with Crippen LogP contribution in [0.1, 0.15) is 44.4 Å². The van der Waals surface area contributed by atoms with Crippen LogP contribution in [0.5, 0.6) is 0 Å². The van der Waals surface area contributed by atoms with Crippen LogP contribution in [0, 0.1) is 19.8 Å². The molecule has 0 aliphatic heterocycles. The molecular weight excluding hydrogens is 380 g/mol. The second kappa shape index (κ2) is 10.7. The molecule has 0 aliphatic rings. The zero-order valence-corrected chi connectivity index (χ0v) is 19.6. The number of nitrogens with one attached hydrogen (secondary N) is 2. The fourth-order valence-corrected chi connectivity index (χ4v) is 3.59. The number of H-pyrrole nitrogens is 1. The lowest BCUT2D eigenvalue weighted by Crippen LogP contribution is -2.45. The Morgan fingerprint density at radius 3 is 2.48 bits per heavy atom. The van der Waals surface area contributed by atoms with Gasteiger partial charge in [0.25, 0.3) is 5.56 Å². The third-order valence-electron chi connectivity index (χ3n) is 5.52. The number of pyridine rings is 1. The molecule has 0 saturated heterocycles. The second-order valence-electron chi connectivity index (χ2n) is 8.12. The monoisotopic (exact) mass is 416 g/mol. The molecule has 0 radical (unpaired) electrons. The molecule has 2 rings (SSSR count). The number of aromatic nitrogens is 1. The lowest BCUT2D eigenvalue weighted by molar-refractivity contribution is 0.263. The van der Waals surface area contributed by atoms with Crippen molar-refractivity contribution in [1.29, 1.82) is 0 Å². The average molecular weight is 417 g/mol. The smallest absolute Gasteiger partial charge is 0.253 e. The number of aryl methyl sites for hydroxylation is 2. The largest absolute Gasteiger partial charge is 0.362 e. The maximum atomic E-state index is 12.8. The molecule has 0 aliphatic carbocycles. The third kappa shape index (κ3) is 6.28. The molecule has 2 N–H and O–H groups in total. The molecule has 1 heterocycles. The van der Waals surface area contributed by atoms with E-state index in [4.69, 9.17) is 12.2 Å². The predicted molar refractivity (Wildman–Crippen MR) is 128 cm³/mol. The summed E-state index contributed by atoms with van der Waals surface area (Å²) in [6.07, 6.45) is 0. The van der Waals surface area contributed by atoms with Crippen LogP contribution in [0.4, 0.5) is 0 Å². The van der Waals surface area contributed by atoms with Crippen LogP contribution in [-0.2, 0) is 6.54 Å². The lowest BCUT2D eigenvalue weighted by Gasteiger charge is -2.29. The van der Waals surface area contributed by atoms with E-state index in [0.717, 1.165) is 54.8 Å². The van der Waals surface area contributed by atoms with Crippen molar-refractivity contribution in [2.24, 2.45) is 5.92 Å². The Morgan fingerprint density at radius 2 is 1.86 bits per heavy atom. The summed E-state index contributed by atoms with van der Waals surface area (Å²) in [6.45, 7) is 17.8. The van der Waals surface area contributed by atoms with Crippen LogP contribution in [0.25, 0.3) is 10.9 Å². The lowest BCUT2D eigenvalue weighted by atomic mass is 10.0. The number of aromatic amines is 1. The van der Waals surface area contributed by atoms with Gasteiger partial charge in [-0.1, -0.05) is 39.8 Å². The van der Waals surface area contributed by atoms with Crippen molar-refractivity contribution in [3.63, 3.8) is 0 Å². The highest BCUT2D eigenvalue weighted by Crippen LogP contribution is 2.19. The maximum absolute atomic E-state index is 12.8. The van der Waals surface area contributed by atoms with E-state index in [1.54, 1.807) is 0 Å². The Labute approximate surface area is 180 Å². The summed E-state index contributed by atoms with van der Waals surface area (Å²) in [7, 11) is 0. The average Bonchev–Trinajstić information content (AvgIpc) is 2.69. The van der Waals surface area contributed by atoms with Crippen LogP contribution in [0.15, 0.2) is 23.0 Å². The Balaban J connectivity index is 2.28. The summed E-state index contributed by atoms with van der Waals surface area (Å²) in [5, 5.41) is 5.14. The van der Waals surface area contributed by atoms with E-state index in [1.807, 2.05) is 6.07 Å². The zero-order valence-electron chi connectivity index (χ0n) is 18.8. The Kier molecular flexibility index (Phi) is 8.65. The highest BCUT2D eigenvalue weighted by Gasteiger charge is 2.15. The van der Waals surface area contributed by atoms with Gasteiger partial charge in [0, 0.05) is 25.2 Å². The Bertz CT molecular complexity index is 886. The summed E-state index contributed by atoms with van der Waals surface area (Å²) < 4.78 is 0. The van der Waals surface area contributed by atoms with E-state index in [9.17, 15) is 4.79 Å². The molecule has 6 heteroatoms. The van der Waals surface area contributed by atoms with Gasteiger partial charge in [0.15, 0.2) is 5.11 Å². The summed E-state index contributed by atoms with van der Waals surface area (Å²) in [4.78, 5) is 20.4. The van der Waals surface area contributed by atoms with E-state index in [-0.39, 0.29) is 5.56 Å². The quantitative estimate of drug-likeness (QED) is 0.609. The molecule has 0 atom stereocenters. The van der Waals surface area contributed by atoms with Crippen LogP contribution in [0.2, 0.25) is 0 Å². The van der Waals surface area contributed by atoms with Gasteiger partial charge < -0.3 is 20.1 Å². The Morgan fingerprint density at radius 1 is 1.17 bits per heavy atom. The molecule has 1 aromatic heterocycles. The van der Waals surface area contributed by atoms with E-state index < -0.39 is 0 Å². The highest BCUT2D eigenvalue weighted by atomic mass is 32.1. The standard InChI is InChI=1S/C23H36N4OS/c1-7-26(8-2)11-12-27(23(29)24-14-16(3)4)15-20-13-19-10-9-17(5)18(6)21(19)25-22(20)28/h9-10,13,16H,7-8,11-12,14-15H2,1-6H3,(H,24,29)(H,25,28). The van der Waals surface area contributed by atoms with Crippen LogP contribution in [0.3, 0.4) is 0 Å². The van der Waals surface area contributed by atoms with Crippen molar-refractivity contribution >= 4 is 28.2 Å². The number of hydrogen-bond donors (Lipinski definition) is 2. The van der Waals surface area contributed by atoms with Crippen molar-refractivity contribution in [2.75, 3.05) is 32.7 Å². The van der Waals surface area contributed by atoms with Crippen LogP contribution < -0.4 is 10.9 Å². The maximum Gasteiger partial charge on any atom is 0.253 e. The minimum absolute atomic E-state index is 0.0364. The van der Waals surface area contributed by atoms with Gasteiger partial charge in [-0.3, -0.25) is 4.79 Å². The van der Waals surface area contributed by atoms with Crippen molar-refractivity contribution in [2.45, 2.75) is 48.1 Å². The normalized spacial score (nSPS) is 11.4. The summed E-state index contributed by atoms with van der Waals surface area (Å²) >= 11 is 5.68. The van der Waals surface area contributed by atoms with Crippen LogP contribution in [-0.4, -0.2) is 52.6 Å². The van der Waals surface area contributed by atoms with E-state index >= 15 is 0 Å². The van der Waals surface area contributed by atoms with E-state index in [2.05, 4.69) is 73.8 Å². The highest BCUT2D eigenvalue weighted by molar-refractivity contribution is 7.80. The molecule has 5 nitrogen and oxygen atoms in total. The first kappa shape index (κ1) is 23.4. The molecule has 29 heavy (non-hydrogen) atoms. The van der Waals surface area contributed by atoms with Gasteiger partial charge in [0.2, 0.25) is 0 Å². The number of fused-ring (bicyclic) bond motifs is 1. The number of likely N-dealkylation sites (N-methyl/N-ethyl adjacent to an activating group) is 1. The first-order valence-corrected chi connectivity index (χ1v) is 11.0. The van der Waals surface area contributed by atoms with Gasteiger partial charge in [-0.2, -0.15) is 0 Å². The minimum Gasteiger partial charge on any atom is -0.362 e. The van der Waals surface area contributed by atoms with Crippen LogP contribution >= 0.6 is 12.2 Å². The van der Waals surface area contributed by atoms with Gasteiger partial charge in [-0.05, 0) is 67.7 Å². The van der Waals surface area contributed by atoms with E-state index in [0.29, 0.717) is 17.6 Å². The molecule has 0 spiro atoms. The fraction of sp³-hybridized carbons (Fsp3) is 0.565. The molecule has 160 valence electrons. The molecule has 2 aromatic rings. The number of hydrogen-bond acceptors (Lipinski definition) is 3. The number of rotatable bonds is 9.